The molecule has 0 radical (unpaired) electrons. The molecule has 0 aliphatic carbocycles. The van der Waals surface area contributed by atoms with Crippen LogP contribution < -0.4 is 5.32 Å². The molecule has 0 saturated carbocycles. The first-order valence-corrected chi connectivity index (χ1v) is 7.16. The highest BCUT2D eigenvalue weighted by molar-refractivity contribution is 5.21. The SMILES string of the molecule is COCC(NC(c1ccccc1)C(C)(C)C)C(C)C. The zero-order valence-corrected chi connectivity index (χ0v) is 13.2. The Bertz CT molecular complexity index is 353. The average Bonchev–Trinajstić information content (AvgIpc) is 2.33. The van der Waals surface area contributed by atoms with Crippen LogP contribution in [0.5, 0.6) is 0 Å². The van der Waals surface area contributed by atoms with Crippen molar-refractivity contribution in [3.05, 3.63) is 35.9 Å². The van der Waals surface area contributed by atoms with Gasteiger partial charge in [-0.25, -0.2) is 0 Å². The van der Waals surface area contributed by atoms with E-state index in [9.17, 15) is 0 Å². The van der Waals surface area contributed by atoms with Crippen LogP contribution in [0.1, 0.15) is 46.2 Å². The van der Waals surface area contributed by atoms with E-state index in [1.165, 1.54) is 5.56 Å². The summed E-state index contributed by atoms with van der Waals surface area (Å²) in [4.78, 5) is 0. The summed E-state index contributed by atoms with van der Waals surface area (Å²) in [6.07, 6.45) is 0. The Morgan fingerprint density at radius 1 is 1.11 bits per heavy atom. The van der Waals surface area contributed by atoms with Crippen LogP contribution >= 0.6 is 0 Å². The Hall–Kier alpha value is -0.860. The first-order chi connectivity index (χ1) is 8.86. The van der Waals surface area contributed by atoms with E-state index in [0.717, 1.165) is 6.61 Å². The van der Waals surface area contributed by atoms with Crippen molar-refractivity contribution in [2.24, 2.45) is 11.3 Å². The summed E-state index contributed by atoms with van der Waals surface area (Å²) in [5, 5.41) is 3.79. The second kappa shape index (κ2) is 7.06. The lowest BCUT2D eigenvalue weighted by Crippen LogP contribution is -2.44. The molecule has 0 saturated heterocycles. The van der Waals surface area contributed by atoms with Crippen molar-refractivity contribution in [2.75, 3.05) is 13.7 Å². The third-order valence-electron chi connectivity index (χ3n) is 3.53. The first-order valence-electron chi connectivity index (χ1n) is 7.16. The van der Waals surface area contributed by atoms with Crippen LogP contribution in [0.15, 0.2) is 30.3 Å². The third kappa shape index (κ3) is 4.96. The van der Waals surface area contributed by atoms with Gasteiger partial charge in [-0.05, 0) is 16.9 Å². The molecule has 2 heteroatoms. The molecule has 0 aliphatic heterocycles. The number of hydrogen-bond donors (Lipinski definition) is 1. The first kappa shape index (κ1) is 16.2. The highest BCUT2D eigenvalue weighted by Gasteiger charge is 2.29. The van der Waals surface area contributed by atoms with Crippen molar-refractivity contribution in [1.29, 1.82) is 0 Å². The molecule has 1 N–H and O–H groups in total. The molecular weight excluding hydrogens is 234 g/mol. The van der Waals surface area contributed by atoms with Crippen LogP contribution in [0.25, 0.3) is 0 Å². The van der Waals surface area contributed by atoms with Gasteiger partial charge in [0.05, 0.1) is 6.61 Å². The van der Waals surface area contributed by atoms with Gasteiger partial charge in [0.25, 0.3) is 0 Å². The van der Waals surface area contributed by atoms with Gasteiger partial charge in [0.15, 0.2) is 0 Å². The van der Waals surface area contributed by atoms with Gasteiger partial charge >= 0.3 is 0 Å². The number of rotatable bonds is 6. The molecule has 2 nitrogen and oxygen atoms in total. The van der Waals surface area contributed by atoms with Crippen LogP contribution in [-0.2, 0) is 4.74 Å². The van der Waals surface area contributed by atoms with Crippen molar-refractivity contribution >= 4 is 0 Å². The van der Waals surface area contributed by atoms with Crippen molar-refractivity contribution in [3.8, 4) is 0 Å². The number of benzene rings is 1. The van der Waals surface area contributed by atoms with Crippen LogP contribution in [-0.4, -0.2) is 19.8 Å². The molecule has 0 spiro atoms. The zero-order chi connectivity index (χ0) is 14.5. The van der Waals surface area contributed by atoms with Gasteiger partial charge in [-0.1, -0.05) is 65.0 Å². The molecule has 0 heterocycles. The molecule has 0 fully saturated rings. The zero-order valence-electron chi connectivity index (χ0n) is 13.2. The smallest absolute Gasteiger partial charge is 0.0618 e. The minimum Gasteiger partial charge on any atom is -0.383 e. The maximum atomic E-state index is 5.35. The Morgan fingerprint density at radius 2 is 1.68 bits per heavy atom. The van der Waals surface area contributed by atoms with Gasteiger partial charge in [0, 0.05) is 19.2 Å². The monoisotopic (exact) mass is 263 g/mol. The number of methoxy groups -OCH3 is 1. The summed E-state index contributed by atoms with van der Waals surface area (Å²) < 4.78 is 5.35. The van der Waals surface area contributed by atoms with Gasteiger partial charge in [-0.2, -0.15) is 0 Å². The molecule has 1 aromatic rings. The van der Waals surface area contributed by atoms with Crippen LogP contribution in [0.4, 0.5) is 0 Å². The lowest BCUT2D eigenvalue weighted by molar-refractivity contribution is 0.123. The predicted octanol–water partition coefficient (Wildman–Crippen LogP) is 4.03. The lowest BCUT2D eigenvalue weighted by Gasteiger charge is -2.36. The van der Waals surface area contributed by atoms with E-state index < -0.39 is 0 Å². The van der Waals surface area contributed by atoms with Crippen molar-refractivity contribution in [3.63, 3.8) is 0 Å². The van der Waals surface area contributed by atoms with E-state index in [4.69, 9.17) is 4.74 Å². The predicted molar refractivity (Wildman–Crippen MR) is 82.3 cm³/mol. The highest BCUT2D eigenvalue weighted by atomic mass is 16.5. The topological polar surface area (TPSA) is 21.3 Å². The van der Waals surface area contributed by atoms with E-state index >= 15 is 0 Å². The summed E-state index contributed by atoms with van der Waals surface area (Å²) in [7, 11) is 1.77. The highest BCUT2D eigenvalue weighted by Crippen LogP contribution is 2.33. The normalized spacial score (nSPS) is 15.5. The minimum absolute atomic E-state index is 0.169. The summed E-state index contributed by atoms with van der Waals surface area (Å²) in [6, 6.07) is 11.4. The number of nitrogens with one attached hydrogen (secondary N) is 1. The fraction of sp³-hybridized carbons (Fsp3) is 0.647. The fourth-order valence-corrected chi connectivity index (χ4v) is 2.32. The molecule has 1 rings (SSSR count). The summed E-state index contributed by atoms with van der Waals surface area (Å²) in [5.74, 6) is 0.550. The standard InChI is InChI=1S/C17H29NO/c1-13(2)15(12-19-6)18-16(17(3,4)5)14-10-8-7-9-11-14/h7-11,13,15-16,18H,12H2,1-6H3. The Kier molecular flexibility index (Phi) is 6.02. The molecule has 1 aromatic carbocycles. The van der Waals surface area contributed by atoms with Gasteiger partial charge < -0.3 is 10.1 Å². The molecular formula is C17H29NO. The van der Waals surface area contributed by atoms with Crippen molar-refractivity contribution < 1.29 is 4.74 Å². The molecule has 0 amide bonds. The van der Waals surface area contributed by atoms with E-state index in [1.54, 1.807) is 7.11 Å². The second-order valence-corrected chi connectivity index (χ2v) is 6.68. The Balaban J connectivity index is 2.93. The third-order valence-corrected chi connectivity index (χ3v) is 3.53. The summed E-state index contributed by atoms with van der Waals surface area (Å²) >= 11 is 0. The molecule has 0 bridgehead atoms. The Morgan fingerprint density at radius 3 is 2.11 bits per heavy atom. The van der Waals surface area contributed by atoms with Crippen LogP contribution in [0.2, 0.25) is 0 Å². The molecule has 108 valence electrons. The van der Waals surface area contributed by atoms with Crippen molar-refractivity contribution in [2.45, 2.75) is 46.7 Å². The van der Waals surface area contributed by atoms with Crippen LogP contribution in [0, 0.1) is 11.3 Å². The average molecular weight is 263 g/mol. The molecule has 2 atom stereocenters. The fourth-order valence-electron chi connectivity index (χ4n) is 2.32. The number of ether oxygens (including phenoxy) is 1. The molecule has 19 heavy (non-hydrogen) atoms. The van der Waals surface area contributed by atoms with Crippen molar-refractivity contribution in [1.82, 2.24) is 5.32 Å². The van der Waals surface area contributed by atoms with E-state index in [2.05, 4.69) is 70.3 Å². The minimum atomic E-state index is 0.169. The van der Waals surface area contributed by atoms with E-state index in [0.29, 0.717) is 18.0 Å². The van der Waals surface area contributed by atoms with E-state index in [-0.39, 0.29) is 5.41 Å². The Labute approximate surface area is 118 Å². The summed E-state index contributed by atoms with van der Waals surface area (Å²) in [5.41, 5.74) is 1.51. The van der Waals surface area contributed by atoms with Gasteiger partial charge in [0.2, 0.25) is 0 Å². The lowest BCUT2D eigenvalue weighted by atomic mass is 9.81. The molecule has 2 unspecified atom stereocenters. The van der Waals surface area contributed by atoms with E-state index in [1.807, 2.05) is 0 Å². The quantitative estimate of drug-likeness (QED) is 0.836. The molecule has 0 aliphatic rings. The molecule has 0 aromatic heterocycles. The van der Waals surface area contributed by atoms with Crippen LogP contribution in [0.3, 0.4) is 0 Å². The van der Waals surface area contributed by atoms with Gasteiger partial charge in [-0.3, -0.25) is 0 Å². The summed E-state index contributed by atoms with van der Waals surface area (Å²) in [6.45, 7) is 12.1. The van der Waals surface area contributed by atoms with Gasteiger partial charge in [0.1, 0.15) is 0 Å². The maximum Gasteiger partial charge on any atom is 0.0618 e. The second-order valence-electron chi connectivity index (χ2n) is 6.68. The maximum absolute atomic E-state index is 5.35. The largest absolute Gasteiger partial charge is 0.383 e. The van der Waals surface area contributed by atoms with Gasteiger partial charge in [-0.15, -0.1) is 0 Å². The number of hydrogen-bond acceptors (Lipinski definition) is 2.